The molecule has 0 aliphatic heterocycles. The van der Waals surface area contributed by atoms with Gasteiger partial charge in [0.2, 0.25) is 0 Å². The van der Waals surface area contributed by atoms with Crippen LogP contribution in [0.1, 0.15) is 0 Å². The van der Waals surface area contributed by atoms with E-state index in [4.69, 9.17) is 10.0 Å². The SMILES string of the molecule is OB(O)c1cc2cccnc2cc1F. The molecule has 0 amide bonds. The van der Waals surface area contributed by atoms with Crippen molar-refractivity contribution in [3.05, 3.63) is 36.3 Å². The fourth-order valence-corrected chi connectivity index (χ4v) is 1.31. The second kappa shape index (κ2) is 3.36. The molecule has 70 valence electrons. The molecule has 2 N–H and O–H groups in total. The molecule has 0 aliphatic rings. The summed E-state index contributed by atoms with van der Waals surface area (Å²) in [6, 6.07) is 5.99. The van der Waals surface area contributed by atoms with Crippen molar-refractivity contribution in [3.63, 3.8) is 0 Å². The van der Waals surface area contributed by atoms with E-state index in [1.54, 1.807) is 18.3 Å². The topological polar surface area (TPSA) is 53.4 Å². The third kappa shape index (κ3) is 1.47. The van der Waals surface area contributed by atoms with Crippen molar-refractivity contribution >= 4 is 23.5 Å². The molecular weight excluding hydrogens is 184 g/mol. The number of pyridine rings is 1. The Morgan fingerprint density at radius 3 is 2.79 bits per heavy atom. The summed E-state index contributed by atoms with van der Waals surface area (Å²) in [7, 11) is -1.79. The van der Waals surface area contributed by atoms with Crippen LogP contribution in [0.2, 0.25) is 0 Å². The molecule has 2 aromatic rings. The van der Waals surface area contributed by atoms with Crippen LogP contribution in [0.5, 0.6) is 0 Å². The van der Waals surface area contributed by atoms with Gasteiger partial charge in [0.05, 0.1) is 5.52 Å². The van der Waals surface area contributed by atoms with E-state index in [9.17, 15) is 4.39 Å². The van der Waals surface area contributed by atoms with Crippen LogP contribution in [-0.2, 0) is 0 Å². The standard InChI is InChI=1S/C9H7BFNO2/c11-8-5-9-6(2-1-3-12-9)4-7(8)10(13)14/h1-5,13-14H. The molecule has 1 aromatic heterocycles. The molecule has 5 heteroatoms. The van der Waals surface area contributed by atoms with Crippen molar-refractivity contribution in [1.29, 1.82) is 0 Å². The molecule has 0 bridgehead atoms. The Hall–Kier alpha value is -1.46. The first-order valence-electron chi connectivity index (χ1n) is 4.09. The second-order valence-corrected chi connectivity index (χ2v) is 2.94. The van der Waals surface area contributed by atoms with Gasteiger partial charge in [-0.05, 0) is 12.1 Å². The summed E-state index contributed by atoms with van der Waals surface area (Å²) in [6.07, 6.45) is 1.55. The molecule has 0 fully saturated rings. The normalized spacial score (nSPS) is 10.5. The smallest absolute Gasteiger partial charge is 0.423 e. The van der Waals surface area contributed by atoms with E-state index in [0.29, 0.717) is 10.9 Å². The van der Waals surface area contributed by atoms with Crippen LogP contribution < -0.4 is 5.46 Å². The molecule has 0 unspecified atom stereocenters. The van der Waals surface area contributed by atoms with Crippen molar-refractivity contribution in [1.82, 2.24) is 4.98 Å². The Bertz CT molecular complexity index is 475. The van der Waals surface area contributed by atoms with Crippen LogP contribution in [0.25, 0.3) is 10.9 Å². The van der Waals surface area contributed by atoms with Crippen LogP contribution in [0, 0.1) is 5.82 Å². The summed E-state index contributed by atoms with van der Waals surface area (Å²) in [5.74, 6) is -0.661. The van der Waals surface area contributed by atoms with Crippen molar-refractivity contribution in [2.45, 2.75) is 0 Å². The summed E-state index contributed by atoms with van der Waals surface area (Å²) in [4.78, 5) is 3.94. The van der Waals surface area contributed by atoms with Gasteiger partial charge in [-0.1, -0.05) is 12.1 Å². The third-order valence-electron chi connectivity index (χ3n) is 2.00. The Morgan fingerprint density at radius 2 is 2.07 bits per heavy atom. The van der Waals surface area contributed by atoms with Gasteiger partial charge < -0.3 is 10.0 Å². The van der Waals surface area contributed by atoms with Crippen molar-refractivity contribution in [2.24, 2.45) is 0 Å². The van der Waals surface area contributed by atoms with Gasteiger partial charge in [-0.25, -0.2) is 4.39 Å². The largest absolute Gasteiger partial charge is 0.491 e. The first-order valence-corrected chi connectivity index (χ1v) is 4.09. The lowest BCUT2D eigenvalue weighted by Gasteiger charge is -2.03. The average Bonchev–Trinajstić information content (AvgIpc) is 2.16. The second-order valence-electron chi connectivity index (χ2n) is 2.94. The van der Waals surface area contributed by atoms with Crippen LogP contribution >= 0.6 is 0 Å². The fraction of sp³-hybridized carbons (Fsp3) is 0. The van der Waals surface area contributed by atoms with Gasteiger partial charge in [0.1, 0.15) is 5.82 Å². The Kier molecular flexibility index (Phi) is 2.19. The lowest BCUT2D eigenvalue weighted by molar-refractivity contribution is 0.423. The van der Waals surface area contributed by atoms with Gasteiger partial charge in [-0.2, -0.15) is 0 Å². The van der Waals surface area contributed by atoms with E-state index in [-0.39, 0.29) is 5.46 Å². The van der Waals surface area contributed by atoms with Crippen LogP contribution in [0.4, 0.5) is 4.39 Å². The fourth-order valence-electron chi connectivity index (χ4n) is 1.31. The molecule has 14 heavy (non-hydrogen) atoms. The summed E-state index contributed by atoms with van der Waals surface area (Å²) in [5, 5.41) is 18.4. The third-order valence-corrected chi connectivity index (χ3v) is 2.00. The molecule has 0 spiro atoms. The zero-order chi connectivity index (χ0) is 10.1. The van der Waals surface area contributed by atoms with Crippen LogP contribution in [-0.4, -0.2) is 22.2 Å². The van der Waals surface area contributed by atoms with Gasteiger partial charge in [0, 0.05) is 17.0 Å². The predicted octanol–water partition coefficient (Wildman–Crippen LogP) is 0.0537. The van der Waals surface area contributed by atoms with E-state index in [2.05, 4.69) is 4.98 Å². The Labute approximate surface area is 80.0 Å². The number of rotatable bonds is 1. The summed E-state index contributed by atoms with van der Waals surface area (Å²) in [6.45, 7) is 0. The number of hydrogen-bond acceptors (Lipinski definition) is 3. The zero-order valence-electron chi connectivity index (χ0n) is 7.18. The molecule has 0 saturated heterocycles. The van der Waals surface area contributed by atoms with E-state index in [0.717, 1.165) is 0 Å². The lowest BCUT2D eigenvalue weighted by Crippen LogP contribution is -2.32. The minimum Gasteiger partial charge on any atom is -0.423 e. The maximum absolute atomic E-state index is 13.2. The number of halogens is 1. The van der Waals surface area contributed by atoms with E-state index in [1.807, 2.05) is 0 Å². The highest BCUT2D eigenvalue weighted by molar-refractivity contribution is 6.59. The average molecular weight is 191 g/mol. The lowest BCUT2D eigenvalue weighted by atomic mass is 9.79. The maximum atomic E-state index is 13.2. The molecule has 3 nitrogen and oxygen atoms in total. The summed E-state index contributed by atoms with van der Waals surface area (Å²) in [5.41, 5.74) is 0.361. The molecular formula is C9H7BFNO2. The molecule has 2 rings (SSSR count). The van der Waals surface area contributed by atoms with E-state index >= 15 is 0 Å². The molecule has 1 aromatic carbocycles. The van der Waals surface area contributed by atoms with Gasteiger partial charge in [-0.3, -0.25) is 4.98 Å². The van der Waals surface area contributed by atoms with Gasteiger partial charge >= 0.3 is 7.12 Å². The summed E-state index contributed by atoms with van der Waals surface area (Å²) < 4.78 is 13.2. The molecule has 0 radical (unpaired) electrons. The molecule has 0 atom stereocenters. The molecule has 0 saturated carbocycles. The predicted molar refractivity (Wildman–Crippen MR) is 51.5 cm³/mol. The minimum absolute atomic E-state index is 0.134. The number of nitrogens with zero attached hydrogens (tertiary/aromatic N) is 1. The van der Waals surface area contributed by atoms with Crippen molar-refractivity contribution in [2.75, 3.05) is 0 Å². The quantitative estimate of drug-likeness (QED) is 0.626. The molecule has 0 aliphatic carbocycles. The minimum atomic E-state index is -1.79. The maximum Gasteiger partial charge on any atom is 0.491 e. The van der Waals surface area contributed by atoms with Crippen LogP contribution in [0.15, 0.2) is 30.5 Å². The van der Waals surface area contributed by atoms with E-state index < -0.39 is 12.9 Å². The van der Waals surface area contributed by atoms with Crippen molar-refractivity contribution in [3.8, 4) is 0 Å². The van der Waals surface area contributed by atoms with Crippen LogP contribution in [0.3, 0.4) is 0 Å². The number of benzene rings is 1. The number of hydrogen-bond donors (Lipinski definition) is 2. The zero-order valence-corrected chi connectivity index (χ0v) is 7.18. The number of fused-ring (bicyclic) bond motifs is 1. The monoisotopic (exact) mass is 191 g/mol. The Balaban J connectivity index is 2.71. The first-order chi connectivity index (χ1) is 6.68. The molecule has 1 heterocycles. The summed E-state index contributed by atoms with van der Waals surface area (Å²) >= 11 is 0. The highest BCUT2D eigenvalue weighted by Crippen LogP contribution is 2.10. The van der Waals surface area contributed by atoms with Crippen molar-refractivity contribution < 1.29 is 14.4 Å². The van der Waals surface area contributed by atoms with Gasteiger partial charge in [0.25, 0.3) is 0 Å². The first kappa shape index (κ1) is 9.11. The highest BCUT2D eigenvalue weighted by atomic mass is 19.1. The van der Waals surface area contributed by atoms with Gasteiger partial charge in [0.15, 0.2) is 0 Å². The Morgan fingerprint density at radius 1 is 1.29 bits per heavy atom. The highest BCUT2D eigenvalue weighted by Gasteiger charge is 2.17. The number of aromatic nitrogens is 1. The van der Waals surface area contributed by atoms with Gasteiger partial charge in [-0.15, -0.1) is 0 Å². The van der Waals surface area contributed by atoms with E-state index in [1.165, 1.54) is 12.1 Å².